The van der Waals surface area contributed by atoms with E-state index in [0.29, 0.717) is 6.54 Å². The fourth-order valence-electron chi connectivity index (χ4n) is 3.46. The summed E-state index contributed by atoms with van der Waals surface area (Å²) in [6.45, 7) is 11.9. The summed E-state index contributed by atoms with van der Waals surface area (Å²) in [6, 6.07) is 8.67. The summed E-state index contributed by atoms with van der Waals surface area (Å²) < 4.78 is 5.42. The highest BCUT2D eigenvalue weighted by Crippen LogP contribution is 2.17. The van der Waals surface area contributed by atoms with Crippen LogP contribution in [0.5, 0.6) is 0 Å². The van der Waals surface area contributed by atoms with Crippen LogP contribution in [0.3, 0.4) is 0 Å². The van der Waals surface area contributed by atoms with Crippen molar-refractivity contribution < 1.29 is 9.53 Å². The van der Waals surface area contributed by atoms with E-state index in [1.807, 2.05) is 4.90 Å². The number of guanidine groups is 1. The van der Waals surface area contributed by atoms with Crippen LogP contribution in [-0.4, -0.2) is 80.7 Å². The standard InChI is InChI=1S/C20H31N5O2/c1-3-21-20(25-10-8-23(9-11-25)17(2)26)22-16-18-4-6-19(7-5-18)24-12-14-27-15-13-24/h4-7H,3,8-16H2,1-2H3,(H,21,22). The Bertz CT molecular complexity index is 632. The van der Waals surface area contributed by atoms with Crippen LogP contribution in [0.2, 0.25) is 0 Å². The van der Waals surface area contributed by atoms with Gasteiger partial charge in [0.2, 0.25) is 5.91 Å². The van der Waals surface area contributed by atoms with Crippen LogP contribution >= 0.6 is 0 Å². The molecule has 0 aliphatic carbocycles. The monoisotopic (exact) mass is 373 g/mol. The highest BCUT2D eigenvalue weighted by Gasteiger charge is 2.20. The summed E-state index contributed by atoms with van der Waals surface area (Å²) in [5, 5.41) is 3.38. The molecule has 0 spiro atoms. The molecule has 27 heavy (non-hydrogen) atoms. The molecule has 0 atom stereocenters. The number of ether oxygens (including phenoxy) is 1. The number of piperazine rings is 1. The molecule has 0 bridgehead atoms. The van der Waals surface area contributed by atoms with Gasteiger partial charge in [-0.25, -0.2) is 4.99 Å². The maximum Gasteiger partial charge on any atom is 0.219 e. The molecule has 0 aromatic heterocycles. The predicted octanol–water partition coefficient (Wildman–Crippen LogP) is 1.15. The molecule has 0 radical (unpaired) electrons. The SMILES string of the molecule is CCNC(=NCc1ccc(N2CCOCC2)cc1)N1CCN(C(C)=O)CC1. The van der Waals surface area contributed by atoms with E-state index in [1.165, 1.54) is 11.3 Å². The van der Waals surface area contributed by atoms with Crippen molar-refractivity contribution in [3.05, 3.63) is 29.8 Å². The Kier molecular flexibility index (Phi) is 6.92. The van der Waals surface area contributed by atoms with Crippen LogP contribution in [0.1, 0.15) is 19.4 Å². The van der Waals surface area contributed by atoms with Crippen molar-refractivity contribution in [2.24, 2.45) is 4.99 Å². The van der Waals surface area contributed by atoms with Crippen molar-refractivity contribution in [3.8, 4) is 0 Å². The van der Waals surface area contributed by atoms with Gasteiger partial charge in [0.25, 0.3) is 0 Å². The third kappa shape index (κ3) is 5.35. The number of rotatable bonds is 4. The van der Waals surface area contributed by atoms with Gasteiger partial charge >= 0.3 is 0 Å². The highest BCUT2D eigenvalue weighted by atomic mass is 16.5. The van der Waals surface area contributed by atoms with Gasteiger partial charge in [-0.05, 0) is 24.6 Å². The van der Waals surface area contributed by atoms with E-state index in [2.05, 4.69) is 46.3 Å². The molecule has 2 saturated heterocycles. The molecule has 3 rings (SSSR count). The second kappa shape index (κ2) is 9.60. The lowest BCUT2D eigenvalue weighted by molar-refractivity contribution is -0.130. The van der Waals surface area contributed by atoms with E-state index in [4.69, 9.17) is 9.73 Å². The van der Waals surface area contributed by atoms with Crippen molar-refractivity contribution in [2.45, 2.75) is 20.4 Å². The quantitative estimate of drug-likeness (QED) is 0.634. The van der Waals surface area contributed by atoms with E-state index in [1.54, 1.807) is 6.92 Å². The average molecular weight is 374 g/mol. The maximum absolute atomic E-state index is 11.5. The number of nitrogens with zero attached hydrogens (tertiary/aromatic N) is 4. The van der Waals surface area contributed by atoms with Gasteiger partial charge < -0.3 is 24.8 Å². The lowest BCUT2D eigenvalue weighted by atomic mass is 10.2. The number of benzene rings is 1. The first-order valence-corrected chi connectivity index (χ1v) is 9.88. The summed E-state index contributed by atoms with van der Waals surface area (Å²) in [5.74, 6) is 1.08. The van der Waals surface area contributed by atoms with Gasteiger partial charge in [-0.15, -0.1) is 0 Å². The highest BCUT2D eigenvalue weighted by molar-refractivity contribution is 5.80. The summed E-state index contributed by atoms with van der Waals surface area (Å²) in [4.78, 5) is 22.8. The summed E-state index contributed by atoms with van der Waals surface area (Å²) in [7, 11) is 0. The predicted molar refractivity (Wildman–Crippen MR) is 108 cm³/mol. The van der Waals surface area contributed by atoms with Crippen molar-refractivity contribution in [1.82, 2.24) is 15.1 Å². The zero-order valence-corrected chi connectivity index (χ0v) is 16.5. The molecule has 2 heterocycles. The van der Waals surface area contributed by atoms with Gasteiger partial charge in [0.1, 0.15) is 0 Å². The van der Waals surface area contributed by atoms with Crippen molar-refractivity contribution in [1.29, 1.82) is 0 Å². The Morgan fingerprint density at radius 1 is 1.04 bits per heavy atom. The van der Waals surface area contributed by atoms with Crippen LogP contribution in [0, 0.1) is 0 Å². The molecule has 1 N–H and O–H groups in total. The molecule has 2 aliphatic heterocycles. The Balaban J connectivity index is 1.58. The largest absolute Gasteiger partial charge is 0.378 e. The van der Waals surface area contributed by atoms with Crippen LogP contribution in [0.25, 0.3) is 0 Å². The lowest BCUT2D eigenvalue weighted by Gasteiger charge is -2.36. The van der Waals surface area contributed by atoms with E-state index in [9.17, 15) is 4.79 Å². The molecule has 2 fully saturated rings. The van der Waals surface area contributed by atoms with Crippen LogP contribution in [-0.2, 0) is 16.1 Å². The number of hydrogen-bond donors (Lipinski definition) is 1. The topological polar surface area (TPSA) is 60.4 Å². The molecule has 0 unspecified atom stereocenters. The van der Waals surface area contributed by atoms with E-state index < -0.39 is 0 Å². The van der Waals surface area contributed by atoms with Crippen LogP contribution in [0.4, 0.5) is 5.69 Å². The number of amides is 1. The number of morpholine rings is 1. The molecule has 1 aromatic carbocycles. The van der Waals surface area contributed by atoms with Gasteiger partial charge in [-0.1, -0.05) is 12.1 Å². The maximum atomic E-state index is 11.5. The third-order valence-electron chi connectivity index (χ3n) is 5.08. The number of aliphatic imine (C=N–C) groups is 1. The number of nitrogens with one attached hydrogen (secondary N) is 1. The second-order valence-electron chi connectivity index (χ2n) is 6.93. The lowest BCUT2D eigenvalue weighted by Crippen LogP contribution is -2.53. The first kappa shape index (κ1) is 19.5. The Morgan fingerprint density at radius 3 is 2.26 bits per heavy atom. The molecule has 0 saturated carbocycles. The molecule has 7 heteroatoms. The summed E-state index contributed by atoms with van der Waals surface area (Å²) >= 11 is 0. The smallest absolute Gasteiger partial charge is 0.219 e. The molecule has 1 aromatic rings. The van der Waals surface area contributed by atoms with Gasteiger partial charge in [-0.2, -0.15) is 0 Å². The first-order chi connectivity index (χ1) is 13.2. The Morgan fingerprint density at radius 2 is 1.67 bits per heavy atom. The van der Waals surface area contributed by atoms with Crippen LogP contribution < -0.4 is 10.2 Å². The molecular weight excluding hydrogens is 342 g/mol. The van der Waals surface area contributed by atoms with Gasteiger partial charge in [0, 0.05) is 58.4 Å². The normalized spacial score (nSPS) is 18.6. The average Bonchev–Trinajstić information content (AvgIpc) is 2.72. The number of carbonyl (C=O) groups is 1. The van der Waals surface area contributed by atoms with Crippen molar-refractivity contribution in [2.75, 3.05) is 63.9 Å². The van der Waals surface area contributed by atoms with E-state index in [0.717, 1.165) is 65.0 Å². The van der Waals surface area contributed by atoms with Gasteiger partial charge in [-0.3, -0.25) is 4.79 Å². The summed E-state index contributed by atoms with van der Waals surface area (Å²) in [5.41, 5.74) is 2.45. The van der Waals surface area contributed by atoms with Crippen molar-refractivity contribution in [3.63, 3.8) is 0 Å². The first-order valence-electron chi connectivity index (χ1n) is 9.88. The fourth-order valence-corrected chi connectivity index (χ4v) is 3.46. The van der Waals surface area contributed by atoms with E-state index in [-0.39, 0.29) is 5.91 Å². The van der Waals surface area contributed by atoms with Crippen LogP contribution in [0.15, 0.2) is 29.3 Å². The van der Waals surface area contributed by atoms with E-state index >= 15 is 0 Å². The molecule has 7 nitrogen and oxygen atoms in total. The zero-order valence-electron chi connectivity index (χ0n) is 16.5. The summed E-state index contributed by atoms with van der Waals surface area (Å²) in [6.07, 6.45) is 0. The minimum atomic E-state index is 0.150. The van der Waals surface area contributed by atoms with Gasteiger partial charge in [0.05, 0.1) is 19.8 Å². The van der Waals surface area contributed by atoms with Crippen molar-refractivity contribution >= 4 is 17.6 Å². The molecule has 2 aliphatic rings. The second-order valence-corrected chi connectivity index (χ2v) is 6.93. The molecule has 1 amide bonds. The molecular formula is C20H31N5O2. The molecule has 148 valence electrons. The Hall–Kier alpha value is -2.28. The minimum absolute atomic E-state index is 0.150. The number of anilines is 1. The fraction of sp³-hybridized carbons (Fsp3) is 0.600. The number of carbonyl (C=O) groups excluding carboxylic acids is 1. The Labute approximate surface area is 162 Å². The van der Waals surface area contributed by atoms with Gasteiger partial charge in [0.15, 0.2) is 5.96 Å². The zero-order chi connectivity index (χ0) is 19.1. The number of hydrogen-bond acceptors (Lipinski definition) is 4. The third-order valence-corrected chi connectivity index (χ3v) is 5.08. The minimum Gasteiger partial charge on any atom is -0.378 e.